The summed E-state index contributed by atoms with van der Waals surface area (Å²) in [6, 6.07) is 6.87. The maximum Gasteiger partial charge on any atom is 0.0623 e. The van der Waals surface area contributed by atoms with Crippen LogP contribution in [0.4, 0.5) is 0 Å². The summed E-state index contributed by atoms with van der Waals surface area (Å²) in [4.78, 5) is 0. The van der Waals surface area contributed by atoms with E-state index in [1.807, 2.05) is 0 Å². The van der Waals surface area contributed by atoms with Crippen molar-refractivity contribution in [2.75, 3.05) is 7.11 Å². The van der Waals surface area contributed by atoms with Crippen LogP contribution in [0, 0.1) is 13.8 Å². The van der Waals surface area contributed by atoms with Gasteiger partial charge >= 0.3 is 0 Å². The minimum atomic E-state index is -0.0693. The molecule has 0 fully saturated rings. The normalized spacial score (nSPS) is 13.7. The number of rotatable bonds is 6. The van der Waals surface area contributed by atoms with E-state index in [2.05, 4.69) is 45.9 Å². The molecule has 0 amide bonds. The molecule has 1 atom stereocenters. The summed E-state index contributed by atoms with van der Waals surface area (Å²) in [5, 5.41) is 0. The molecule has 1 rings (SSSR count). The average molecular weight is 249 g/mol. The summed E-state index contributed by atoms with van der Waals surface area (Å²) in [5.74, 6) is 0. The Hall–Kier alpha value is -0.860. The van der Waals surface area contributed by atoms with Crippen molar-refractivity contribution < 1.29 is 4.74 Å². The van der Waals surface area contributed by atoms with Gasteiger partial charge in [0.2, 0.25) is 0 Å². The minimum Gasteiger partial charge on any atom is -0.379 e. The Morgan fingerprint density at radius 2 is 1.72 bits per heavy atom. The molecule has 0 saturated carbocycles. The zero-order valence-electron chi connectivity index (χ0n) is 12.4. The Bertz CT molecular complexity index is 364. The van der Waals surface area contributed by atoms with Crippen molar-refractivity contribution >= 4 is 0 Å². The fraction of sp³-hybridized carbons (Fsp3) is 0.625. The van der Waals surface area contributed by atoms with Crippen molar-refractivity contribution in [2.45, 2.75) is 58.6 Å². The lowest BCUT2D eigenvalue weighted by Crippen LogP contribution is -2.29. The zero-order chi connectivity index (χ0) is 13.8. The molecule has 0 heterocycles. The van der Waals surface area contributed by atoms with Gasteiger partial charge in [-0.2, -0.15) is 0 Å². The van der Waals surface area contributed by atoms with Crippen molar-refractivity contribution in [3.63, 3.8) is 0 Å². The van der Waals surface area contributed by atoms with Gasteiger partial charge in [-0.1, -0.05) is 29.3 Å². The molecule has 2 nitrogen and oxygen atoms in total. The summed E-state index contributed by atoms with van der Waals surface area (Å²) in [7, 11) is 1.76. The molecule has 0 saturated heterocycles. The van der Waals surface area contributed by atoms with Gasteiger partial charge in [-0.05, 0) is 52.5 Å². The SMILES string of the molecule is COC(C)(C)CCC(N)Cc1cc(C)cc(C)c1. The molecule has 18 heavy (non-hydrogen) atoms. The van der Waals surface area contributed by atoms with Crippen LogP contribution < -0.4 is 5.73 Å². The second kappa shape index (κ2) is 6.35. The van der Waals surface area contributed by atoms with E-state index in [1.165, 1.54) is 16.7 Å². The third-order valence-corrected chi connectivity index (χ3v) is 3.45. The van der Waals surface area contributed by atoms with Crippen LogP contribution in [0.2, 0.25) is 0 Å². The lowest BCUT2D eigenvalue weighted by atomic mass is 9.94. The largest absolute Gasteiger partial charge is 0.379 e. The maximum absolute atomic E-state index is 6.21. The molecule has 0 aliphatic carbocycles. The highest BCUT2D eigenvalue weighted by Crippen LogP contribution is 2.18. The van der Waals surface area contributed by atoms with Crippen molar-refractivity contribution in [3.8, 4) is 0 Å². The Morgan fingerprint density at radius 1 is 1.17 bits per heavy atom. The van der Waals surface area contributed by atoms with Crippen molar-refractivity contribution in [3.05, 3.63) is 34.9 Å². The van der Waals surface area contributed by atoms with Gasteiger partial charge in [-0.25, -0.2) is 0 Å². The first-order chi connectivity index (χ1) is 8.32. The van der Waals surface area contributed by atoms with Gasteiger partial charge in [-0.3, -0.25) is 0 Å². The van der Waals surface area contributed by atoms with Gasteiger partial charge in [0.1, 0.15) is 0 Å². The predicted molar refractivity (Wildman–Crippen MR) is 77.9 cm³/mol. The predicted octanol–water partition coefficient (Wildman–Crippen LogP) is 3.38. The molecule has 1 aromatic rings. The van der Waals surface area contributed by atoms with E-state index in [4.69, 9.17) is 10.5 Å². The number of benzene rings is 1. The van der Waals surface area contributed by atoms with Gasteiger partial charge in [0.15, 0.2) is 0 Å². The lowest BCUT2D eigenvalue weighted by Gasteiger charge is -2.24. The molecule has 0 bridgehead atoms. The number of hydrogen-bond donors (Lipinski definition) is 1. The topological polar surface area (TPSA) is 35.2 Å². The van der Waals surface area contributed by atoms with Crippen molar-refractivity contribution in [2.24, 2.45) is 5.73 Å². The quantitative estimate of drug-likeness (QED) is 0.839. The molecule has 0 radical (unpaired) electrons. The molecule has 1 aromatic carbocycles. The van der Waals surface area contributed by atoms with Crippen LogP contribution in [0.15, 0.2) is 18.2 Å². The molecule has 2 heteroatoms. The second-order valence-electron chi connectivity index (χ2n) is 5.96. The first-order valence-electron chi connectivity index (χ1n) is 6.70. The molecule has 102 valence electrons. The third-order valence-electron chi connectivity index (χ3n) is 3.45. The molecule has 2 N–H and O–H groups in total. The second-order valence-corrected chi connectivity index (χ2v) is 5.96. The smallest absolute Gasteiger partial charge is 0.0623 e. The van der Waals surface area contributed by atoms with Gasteiger partial charge in [0, 0.05) is 13.2 Å². The monoisotopic (exact) mass is 249 g/mol. The number of hydrogen-bond acceptors (Lipinski definition) is 2. The molecule has 1 unspecified atom stereocenters. The highest BCUT2D eigenvalue weighted by atomic mass is 16.5. The van der Waals surface area contributed by atoms with Crippen LogP contribution in [0.25, 0.3) is 0 Å². The molecule has 0 aliphatic rings. The molecule has 0 aliphatic heterocycles. The summed E-state index contributed by atoms with van der Waals surface area (Å²) in [6.07, 6.45) is 2.94. The summed E-state index contributed by atoms with van der Waals surface area (Å²) in [6.45, 7) is 8.49. The van der Waals surface area contributed by atoms with E-state index >= 15 is 0 Å². The highest BCUT2D eigenvalue weighted by molar-refractivity contribution is 5.29. The zero-order valence-corrected chi connectivity index (χ0v) is 12.4. The van der Waals surface area contributed by atoms with Crippen molar-refractivity contribution in [1.29, 1.82) is 0 Å². The fourth-order valence-corrected chi connectivity index (χ4v) is 2.23. The van der Waals surface area contributed by atoms with Crippen LogP contribution in [0.1, 0.15) is 43.4 Å². The molecular weight excluding hydrogens is 222 g/mol. The van der Waals surface area contributed by atoms with E-state index in [9.17, 15) is 0 Å². The number of methoxy groups -OCH3 is 1. The van der Waals surface area contributed by atoms with Crippen LogP contribution in [0.3, 0.4) is 0 Å². The molecule has 0 spiro atoms. The van der Waals surface area contributed by atoms with E-state index in [1.54, 1.807) is 7.11 Å². The number of aryl methyl sites for hydroxylation is 2. The first-order valence-corrected chi connectivity index (χ1v) is 6.70. The van der Waals surface area contributed by atoms with Crippen molar-refractivity contribution in [1.82, 2.24) is 0 Å². The molecular formula is C16H27NO. The Balaban J connectivity index is 2.51. The first kappa shape index (κ1) is 15.2. The standard InChI is InChI=1S/C16H27NO/c1-12-8-13(2)10-14(9-12)11-15(17)6-7-16(3,4)18-5/h8-10,15H,6-7,11,17H2,1-5H3. The van der Waals surface area contributed by atoms with Gasteiger partial charge in [0.05, 0.1) is 5.60 Å². The summed E-state index contributed by atoms with van der Waals surface area (Å²) < 4.78 is 5.42. The lowest BCUT2D eigenvalue weighted by molar-refractivity contribution is 0.0125. The van der Waals surface area contributed by atoms with E-state index in [0.29, 0.717) is 0 Å². The van der Waals surface area contributed by atoms with E-state index in [-0.39, 0.29) is 11.6 Å². The highest BCUT2D eigenvalue weighted by Gasteiger charge is 2.17. The van der Waals surface area contributed by atoms with Crippen LogP contribution >= 0.6 is 0 Å². The Morgan fingerprint density at radius 3 is 2.22 bits per heavy atom. The fourth-order valence-electron chi connectivity index (χ4n) is 2.23. The van der Waals surface area contributed by atoms with Gasteiger partial charge in [-0.15, -0.1) is 0 Å². The Labute approximate surface area is 112 Å². The maximum atomic E-state index is 6.21. The minimum absolute atomic E-state index is 0.0693. The molecule has 0 aromatic heterocycles. The third kappa shape index (κ3) is 5.19. The number of nitrogens with two attached hydrogens (primary N) is 1. The number of ether oxygens (including phenoxy) is 1. The van der Waals surface area contributed by atoms with Crippen LogP contribution in [-0.4, -0.2) is 18.8 Å². The van der Waals surface area contributed by atoms with Crippen LogP contribution in [0.5, 0.6) is 0 Å². The van der Waals surface area contributed by atoms with Gasteiger partial charge < -0.3 is 10.5 Å². The summed E-state index contributed by atoms with van der Waals surface area (Å²) >= 11 is 0. The van der Waals surface area contributed by atoms with E-state index in [0.717, 1.165) is 19.3 Å². The van der Waals surface area contributed by atoms with Gasteiger partial charge in [0.25, 0.3) is 0 Å². The van der Waals surface area contributed by atoms with E-state index < -0.39 is 0 Å². The Kier molecular flexibility index (Phi) is 5.36. The van der Waals surface area contributed by atoms with Crippen LogP contribution in [-0.2, 0) is 11.2 Å². The summed E-state index contributed by atoms with van der Waals surface area (Å²) in [5.41, 5.74) is 10.1. The average Bonchev–Trinajstić information content (AvgIpc) is 2.25.